The minimum absolute atomic E-state index is 0.00697. The predicted molar refractivity (Wildman–Crippen MR) is 115 cm³/mol. The molecule has 29 heavy (non-hydrogen) atoms. The summed E-state index contributed by atoms with van der Waals surface area (Å²) < 4.78 is 5.44. The third-order valence-electron chi connectivity index (χ3n) is 5.32. The van der Waals surface area contributed by atoms with Crippen LogP contribution in [0.2, 0.25) is 0 Å². The summed E-state index contributed by atoms with van der Waals surface area (Å²) in [7, 11) is 0. The van der Waals surface area contributed by atoms with Gasteiger partial charge in [-0.3, -0.25) is 9.59 Å². The number of ether oxygens (including phenoxy) is 1. The first-order valence-electron chi connectivity index (χ1n) is 10.5. The summed E-state index contributed by atoms with van der Waals surface area (Å²) in [4.78, 5) is 25.8. The SMILES string of the molecule is CCOc1ccc(NC(=O)[C@H](Cc2ccccc2)NC(=O)C2CCCCC2)cc1. The molecule has 5 heteroatoms. The average molecular weight is 395 g/mol. The molecule has 0 radical (unpaired) electrons. The Labute approximate surface area is 172 Å². The Bertz CT molecular complexity index is 784. The average Bonchev–Trinajstić information content (AvgIpc) is 2.76. The second kappa shape index (κ2) is 10.6. The summed E-state index contributed by atoms with van der Waals surface area (Å²) in [5, 5.41) is 5.94. The Hall–Kier alpha value is -2.82. The maximum absolute atomic E-state index is 13.0. The molecule has 1 atom stereocenters. The van der Waals surface area contributed by atoms with E-state index in [0.717, 1.165) is 37.0 Å². The lowest BCUT2D eigenvalue weighted by molar-refractivity contribution is -0.130. The van der Waals surface area contributed by atoms with Gasteiger partial charge in [0, 0.05) is 18.0 Å². The van der Waals surface area contributed by atoms with E-state index in [1.54, 1.807) is 0 Å². The van der Waals surface area contributed by atoms with Crippen LogP contribution in [-0.4, -0.2) is 24.5 Å². The second-order valence-corrected chi connectivity index (χ2v) is 7.53. The van der Waals surface area contributed by atoms with Crippen LogP contribution in [0.4, 0.5) is 5.69 Å². The third kappa shape index (κ3) is 6.34. The number of nitrogens with one attached hydrogen (secondary N) is 2. The molecule has 0 bridgehead atoms. The van der Waals surface area contributed by atoms with Gasteiger partial charge in [-0.25, -0.2) is 0 Å². The molecule has 5 nitrogen and oxygen atoms in total. The van der Waals surface area contributed by atoms with Crippen LogP contribution < -0.4 is 15.4 Å². The summed E-state index contributed by atoms with van der Waals surface area (Å²) in [6.07, 6.45) is 5.63. The Kier molecular flexibility index (Phi) is 7.68. The maximum atomic E-state index is 13.0. The van der Waals surface area contributed by atoms with Crippen LogP contribution >= 0.6 is 0 Å². The van der Waals surface area contributed by atoms with E-state index in [0.29, 0.717) is 18.7 Å². The number of anilines is 1. The van der Waals surface area contributed by atoms with Gasteiger partial charge in [0.05, 0.1) is 6.61 Å². The molecule has 0 aromatic heterocycles. The van der Waals surface area contributed by atoms with E-state index in [9.17, 15) is 9.59 Å². The van der Waals surface area contributed by atoms with Crippen molar-refractivity contribution in [3.05, 3.63) is 60.2 Å². The van der Waals surface area contributed by atoms with Crippen LogP contribution in [0.3, 0.4) is 0 Å². The van der Waals surface area contributed by atoms with Crippen LogP contribution in [0.1, 0.15) is 44.6 Å². The smallest absolute Gasteiger partial charge is 0.247 e. The number of benzene rings is 2. The standard InChI is InChI=1S/C24H30N2O3/c1-2-29-21-15-13-20(14-16-21)25-24(28)22(17-18-9-5-3-6-10-18)26-23(27)19-11-7-4-8-12-19/h3,5-6,9-10,13-16,19,22H,2,4,7-8,11-12,17H2,1H3,(H,25,28)(H,26,27)/t22-/m0/s1. The van der Waals surface area contributed by atoms with Crippen molar-refractivity contribution in [1.29, 1.82) is 0 Å². The van der Waals surface area contributed by atoms with E-state index in [1.165, 1.54) is 6.42 Å². The molecule has 2 N–H and O–H groups in total. The minimum atomic E-state index is -0.613. The van der Waals surface area contributed by atoms with E-state index in [1.807, 2.05) is 61.5 Å². The minimum Gasteiger partial charge on any atom is -0.494 e. The molecule has 1 aliphatic carbocycles. The molecule has 1 aliphatic rings. The Morgan fingerprint density at radius 3 is 2.34 bits per heavy atom. The Morgan fingerprint density at radius 1 is 1.00 bits per heavy atom. The third-order valence-corrected chi connectivity index (χ3v) is 5.32. The van der Waals surface area contributed by atoms with Gasteiger partial charge in [-0.2, -0.15) is 0 Å². The van der Waals surface area contributed by atoms with Gasteiger partial charge in [0.1, 0.15) is 11.8 Å². The molecule has 0 saturated heterocycles. The van der Waals surface area contributed by atoms with Gasteiger partial charge < -0.3 is 15.4 Å². The quantitative estimate of drug-likeness (QED) is 0.700. The molecule has 0 heterocycles. The van der Waals surface area contributed by atoms with Gasteiger partial charge >= 0.3 is 0 Å². The lowest BCUT2D eigenvalue weighted by atomic mass is 9.88. The van der Waals surface area contributed by atoms with E-state index >= 15 is 0 Å². The lowest BCUT2D eigenvalue weighted by Gasteiger charge is -2.24. The highest BCUT2D eigenvalue weighted by atomic mass is 16.5. The van der Waals surface area contributed by atoms with Crippen molar-refractivity contribution in [1.82, 2.24) is 5.32 Å². The lowest BCUT2D eigenvalue weighted by Crippen LogP contribution is -2.47. The van der Waals surface area contributed by atoms with Crippen molar-refractivity contribution < 1.29 is 14.3 Å². The molecule has 154 valence electrons. The van der Waals surface area contributed by atoms with Crippen molar-refractivity contribution in [3.63, 3.8) is 0 Å². The summed E-state index contributed by atoms with van der Waals surface area (Å²) in [6, 6.07) is 16.4. The molecular formula is C24H30N2O3. The van der Waals surface area contributed by atoms with Crippen molar-refractivity contribution in [2.75, 3.05) is 11.9 Å². The molecule has 2 aromatic rings. The first kappa shape index (κ1) is 20.9. The van der Waals surface area contributed by atoms with E-state index in [4.69, 9.17) is 4.74 Å². The molecule has 0 spiro atoms. The number of hydrogen-bond acceptors (Lipinski definition) is 3. The monoisotopic (exact) mass is 394 g/mol. The molecular weight excluding hydrogens is 364 g/mol. The van der Waals surface area contributed by atoms with E-state index in [-0.39, 0.29) is 17.7 Å². The number of amides is 2. The summed E-state index contributed by atoms with van der Waals surface area (Å²) in [6.45, 7) is 2.52. The summed E-state index contributed by atoms with van der Waals surface area (Å²) >= 11 is 0. The van der Waals surface area contributed by atoms with Gasteiger partial charge in [-0.15, -0.1) is 0 Å². The van der Waals surface area contributed by atoms with Gasteiger partial charge in [0.25, 0.3) is 0 Å². The molecule has 3 rings (SSSR count). The fourth-order valence-electron chi connectivity index (χ4n) is 3.74. The highest BCUT2D eigenvalue weighted by Crippen LogP contribution is 2.24. The van der Waals surface area contributed by atoms with Crippen LogP contribution in [0, 0.1) is 5.92 Å². The molecule has 2 aromatic carbocycles. The number of carbonyl (C=O) groups excluding carboxylic acids is 2. The summed E-state index contributed by atoms with van der Waals surface area (Å²) in [5.41, 5.74) is 1.70. The summed E-state index contributed by atoms with van der Waals surface area (Å²) in [5.74, 6) is 0.562. The van der Waals surface area contributed by atoms with E-state index < -0.39 is 6.04 Å². The number of carbonyl (C=O) groups is 2. The zero-order valence-corrected chi connectivity index (χ0v) is 17.0. The topological polar surface area (TPSA) is 67.4 Å². The normalized spacial score (nSPS) is 15.3. The van der Waals surface area contributed by atoms with Crippen LogP contribution in [0.5, 0.6) is 5.75 Å². The van der Waals surface area contributed by atoms with Gasteiger partial charge in [-0.1, -0.05) is 49.6 Å². The maximum Gasteiger partial charge on any atom is 0.247 e. The van der Waals surface area contributed by atoms with Gasteiger partial charge in [0.15, 0.2) is 0 Å². The number of rotatable bonds is 8. The largest absolute Gasteiger partial charge is 0.494 e. The molecule has 2 amide bonds. The first-order valence-corrected chi connectivity index (χ1v) is 10.5. The molecule has 0 aliphatic heterocycles. The van der Waals surface area contributed by atoms with Crippen molar-refractivity contribution in [2.24, 2.45) is 5.92 Å². The number of hydrogen-bond donors (Lipinski definition) is 2. The predicted octanol–water partition coefficient (Wildman–Crippen LogP) is 4.33. The molecule has 0 unspecified atom stereocenters. The zero-order valence-electron chi connectivity index (χ0n) is 17.0. The Morgan fingerprint density at radius 2 is 1.69 bits per heavy atom. The van der Waals surface area contributed by atoms with Crippen LogP contribution in [-0.2, 0) is 16.0 Å². The highest BCUT2D eigenvalue weighted by molar-refractivity contribution is 5.97. The van der Waals surface area contributed by atoms with Crippen molar-refractivity contribution >= 4 is 17.5 Å². The van der Waals surface area contributed by atoms with Crippen molar-refractivity contribution in [3.8, 4) is 5.75 Å². The van der Waals surface area contributed by atoms with E-state index in [2.05, 4.69) is 10.6 Å². The molecule has 1 saturated carbocycles. The molecule has 1 fully saturated rings. The Balaban J connectivity index is 1.68. The fourth-order valence-corrected chi connectivity index (χ4v) is 3.74. The fraction of sp³-hybridized carbons (Fsp3) is 0.417. The van der Waals surface area contributed by atoms with Gasteiger partial charge in [-0.05, 0) is 49.6 Å². The second-order valence-electron chi connectivity index (χ2n) is 7.53. The first-order chi connectivity index (χ1) is 14.2. The highest BCUT2D eigenvalue weighted by Gasteiger charge is 2.27. The van der Waals surface area contributed by atoms with Gasteiger partial charge in [0.2, 0.25) is 11.8 Å². The zero-order chi connectivity index (χ0) is 20.5. The van der Waals surface area contributed by atoms with Crippen LogP contribution in [0.25, 0.3) is 0 Å². The van der Waals surface area contributed by atoms with Crippen molar-refractivity contribution in [2.45, 2.75) is 51.5 Å². The van der Waals surface area contributed by atoms with Crippen LogP contribution in [0.15, 0.2) is 54.6 Å².